The van der Waals surface area contributed by atoms with Gasteiger partial charge in [0.1, 0.15) is 18.2 Å². The number of anilines is 2. The minimum atomic E-state index is -0.480. The monoisotopic (exact) mass is 448 g/mol. The molecule has 0 saturated carbocycles. The maximum absolute atomic E-state index is 13.0. The quantitative estimate of drug-likeness (QED) is 0.614. The predicted octanol–water partition coefficient (Wildman–Crippen LogP) is 4.13. The molecule has 2 aliphatic rings. The molecule has 0 aromatic heterocycles. The molecule has 2 amide bonds. The minimum Gasteiger partial charge on any atom is -0.489 e. The molecule has 1 fully saturated rings. The SMILES string of the molecule is O=C(Nc1cccc(OCc2ccc(F)cc2)c1)C1CC(=O)N(c2ccc3c(c2)OCO3)C1. The second-order valence-electron chi connectivity index (χ2n) is 7.88. The normalized spacial score (nSPS) is 16.7. The van der Waals surface area contributed by atoms with Gasteiger partial charge in [-0.2, -0.15) is 0 Å². The fourth-order valence-electron chi connectivity index (χ4n) is 3.84. The van der Waals surface area contributed by atoms with Gasteiger partial charge in [-0.1, -0.05) is 18.2 Å². The average molecular weight is 448 g/mol. The summed E-state index contributed by atoms with van der Waals surface area (Å²) >= 11 is 0. The molecular formula is C25H21FN2O5. The highest BCUT2D eigenvalue weighted by Crippen LogP contribution is 2.37. The van der Waals surface area contributed by atoms with Crippen LogP contribution in [-0.2, 0) is 16.2 Å². The highest BCUT2D eigenvalue weighted by atomic mass is 19.1. The van der Waals surface area contributed by atoms with Crippen LogP contribution in [0.3, 0.4) is 0 Å². The van der Waals surface area contributed by atoms with Gasteiger partial charge in [-0.3, -0.25) is 9.59 Å². The molecule has 1 unspecified atom stereocenters. The number of amides is 2. The number of benzene rings is 3. The molecular weight excluding hydrogens is 427 g/mol. The second kappa shape index (κ2) is 8.82. The van der Waals surface area contributed by atoms with Crippen molar-refractivity contribution >= 4 is 23.2 Å². The molecule has 3 aromatic rings. The number of rotatable bonds is 6. The third-order valence-corrected chi connectivity index (χ3v) is 5.58. The van der Waals surface area contributed by atoms with Crippen molar-refractivity contribution in [1.29, 1.82) is 0 Å². The van der Waals surface area contributed by atoms with Gasteiger partial charge in [0, 0.05) is 36.5 Å². The summed E-state index contributed by atoms with van der Waals surface area (Å²) in [6, 6.07) is 18.4. The number of ether oxygens (including phenoxy) is 3. The third-order valence-electron chi connectivity index (χ3n) is 5.58. The van der Waals surface area contributed by atoms with Crippen LogP contribution < -0.4 is 24.4 Å². The zero-order chi connectivity index (χ0) is 22.8. The fourth-order valence-corrected chi connectivity index (χ4v) is 3.84. The average Bonchev–Trinajstić information content (AvgIpc) is 3.45. The standard InChI is InChI=1S/C25H21FN2O5/c26-18-6-4-16(5-7-18)14-31-21-3-1-2-19(11-21)27-25(30)17-10-24(29)28(13-17)20-8-9-22-23(12-20)33-15-32-22/h1-9,11-12,17H,10,13-15H2,(H,27,30). The van der Waals surface area contributed by atoms with E-state index in [1.807, 2.05) is 0 Å². The zero-order valence-corrected chi connectivity index (χ0v) is 17.6. The van der Waals surface area contributed by atoms with E-state index >= 15 is 0 Å². The van der Waals surface area contributed by atoms with E-state index in [1.165, 1.54) is 12.1 Å². The first-order valence-electron chi connectivity index (χ1n) is 10.5. The van der Waals surface area contributed by atoms with E-state index in [0.717, 1.165) is 5.56 Å². The van der Waals surface area contributed by atoms with Crippen molar-refractivity contribution in [2.24, 2.45) is 5.92 Å². The van der Waals surface area contributed by atoms with Gasteiger partial charge in [-0.05, 0) is 42.0 Å². The topological polar surface area (TPSA) is 77.1 Å². The molecule has 8 heteroatoms. The summed E-state index contributed by atoms with van der Waals surface area (Å²) < 4.78 is 29.5. The molecule has 1 N–H and O–H groups in total. The Labute approximate surface area is 189 Å². The highest BCUT2D eigenvalue weighted by Gasteiger charge is 2.35. The first-order valence-corrected chi connectivity index (χ1v) is 10.5. The van der Waals surface area contributed by atoms with Crippen molar-refractivity contribution in [3.63, 3.8) is 0 Å². The van der Waals surface area contributed by atoms with E-state index < -0.39 is 5.92 Å². The van der Waals surface area contributed by atoms with E-state index in [9.17, 15) is 14.0 Å². The van der Waals surface area contributed by atoms with Gasteiger partial charge < -0.3 is 24.4 Å². The lowest BCUT2D eigenvalue weighted by molar-refractivity contribution is -0.122. The molecule has 2 heterocycles. The lowest BCUT2D eigenvalue weighted by Crippen LogP contribution is -2.28. The van der Waals surface area contributed by atoms with Gasteiger partial charge in [0.25, 0.3) is 0 Å². The van der Waals surface area contributed by atoms with Crippen molar-refractivity contribution in [1.82, 2.24) is 0 Å². The predicted molar refractivity (Wildman–Crippen MR) is 119 cm³/mol. The Balaban J connectivity index is 1.20. The Kier molecular flexibility index (Phi) is 5.56. The van der Waals surface area contributed by atoms with Gasteiger partial charge in [-0.25, -0.2) is 4.39 Å². The maximum Gasteiger partial charge on any atom is 0.231 e. The van der Waals surface area contributed by atoms with Crippen LogP contribution in [-0.4, -0.2) is 25.2 Å². The molecule has 33 heavy (non-hydrogen) atoms. The van der Waals surface area contributed by atoms with Crippen molar-refractivity contribution in [3.8, 4) is 17.2 Å². The summed E-state index contributed by atoms with van der Waals surface area (Å²) in [5.41, 5.74) is 2.08. The van der Waals surface area contributed by atoms with Crippen LogP contribution in [0.2, 0.25) is 0 Å². The van der Waals surface area contributed by atoms with Crippen LogP contribution in [0.4, 0.5) is 15.8 Å². The van der Waals surface area contributed by atoms with Gasteiger partial charge in [-0.15, -0.1) is 0 Å². The molecule has 0 bridgehead atoms. The number of halogens is 1. The summed E-state index contributed by atoms with van der Waals surface area (Å²) in [5, 5.41) is 2.87. The van der Waals surface area contributed by atoms with E-state index in [4.69, 9.17) is 14.2 Å². The summed E-state index contributed by atoms with van der Waals surface area (Å²) in [6.07, 6.45) is 0.126. The molecule has 1 atom stereocenters. The molecule has 7 nitrogen and oxygen atoms in total. The third kappa shape index (κ3) is 4.59. The van der Waals surface area contributed by atoms with Crippen LogP contribution in [0, 0.1) is 11.7 Å². The summed E-state index contributed by atoms with van der Waals surface area (Å²) in [7, 11) is 0. The van der Waals surface area contributed by atoms with Crippen LogP contribution in [0.25, 0.3) is 0 Å². The van der Waals surface area contributed by atoms with E-state index in [1.54, 1.807) is 59.5 Å². The fraction of sp³-hybridized carbons (Fsp3) is 0.200. The maximum atomic E-state index is 13.0. The summed E-state index contributed by atoms with van der Waals surface area (Å²) in [5.74, 6) is 0.666. The number of fused-ring (bicyclic) bond motifs is 1. The van der Waals surface area contributed by atoms with Gasteiger partial charge in [0.2, 0.25) is 18.6 Å². The molecule has 168 valence electrons. The van der Waals surface area contributed by atoms with E-state index in [2.05, 4.69) is 5.32 Å². The highest BCUT2D eigenvalue weighted by molar-refractivity contribution is 6.03. The van der Waals surface area contributed by atoms with Crippen molar-refractivity contribution < 1.29 is 28.2 Å². The Morgan fingerprint density at radius 2 is 1.88 bits per heavy atom. The number of nitrogens with one attached hydrogen (secondary N) is 1. The molecule has 1 saturated heterocycles. The van der Waals surface area contributed by atoms with Crippen LogP contribution in [0.15, 0.2) is 66.7 Å². The minimum absolute atomic E-state index is 0.120. The van der Waals surface area contributed by atoms with Crippen LogP contribution in [0.5, 0.6) is 17.2 Å². The largest absolute Gasteiger partial charge is 0.489 e. The number of nitrogens with zero attached hydrogens (tertiary/aromatic N) is 1. The number of carbonyl (C=O) groups excluding carboxylic acids is 2. The summed E-state index contributed by atoms with van der Waals surface area (Å²) in [6.45, 7) is 0.717. The number of hydrogen-bond donors (Lipinski definition) is 1. The van der Waals surface area contributed by atoms with Crippen LogP contribution in [0.1, 0.15) is 12.0 Å². The first-order chi connectivity index (χ1) is 16.0. The molecule has 0 spiro atoms. The second-order valence-corrected chi connectivity index (χ2v) is 7.88. The number of hydrogen-bond acceptors (Lipinski definition) is 5. The summed E-state index contributed by atoms with van der Waals surface area (Å²) in [4.78, 5) is 27.0. The smallest absolute Gasteiger partial charge is 0.231 e. The lowest BCUT2D eigenvalue weighted by atomic mass is 10.1. The van der Waals surface area contributed by atoms with Gasteiger partial charge in [0.15, 0.2) is 11.5 Å². The van der Waals surface area contributed by atoms with Gasteiger partial charge in [0.05, 0.1) is 5.92 Å². The van der Waals surface area contributed by atoms with E-state index in [-0.39, 0.29) is 44.0 Å². The molecule has 2 aliphatic heterocycles. The molecule has 5 rings (SSSR count). The lowest BCUT2D eigenvalue weighted by Gasteiger charge is -2.17. The molecule has 3 aromatic carbocycles. The first kappa shape index (κ1) is 20.8. The van der Waals surface area contributed by atoms with Crippen molar-refractivity contribution in [3.05, 3.63) is 78.1 Å². The molecule has 0 aliphatic carbocycles. The Morgan fingerprint density at radius 3 is 2.73 bits per heavy atom. The zero-order valence-electron chi connectivity index (χ0n) is 17.6. The van der Waals surface area contributed by atoms with E-state index in [0.29, 0.717) is 28.6 Å². The van der Waals surface area contributed by atoms with Crippen LogP contribution >= 0.6 is 0 Å². The van der Waals surface area contributed by atoms with Gasteiger partial charge >= 0.3 is 0 Å². The van der Waals surface area contributed by atoms with Crippen molar-refractivity contribution in [2.45, 2.75) is 13.0 Å². The Hall–Kier alpha value is -4.07. The van der Waals surface area contributed by atoms with Crippen molar-refractivity contribution in [2.75, 3.05) is 23.6 Å². The number of carbonyl (C=O) groups is 2. The Bertz CT molecular complexity index is 1200. The molecule has 0 radical (unpaired) electrons. The Morgan fingerprint density at radius 1 is 1.06 bits per heavy atom.